The largest absolute Gasteiger partial charge is 0.445 e. The molecule has 6 heteroatoms. The SMILES string of the molecule is CC(C)[C@H](N)C(=O)N1CCCC(NC(=O)OCc2ccccc2)C1. The topological polar surface area (TPSA) is 84.7 Å². The van der Waals surface area contributed by atoms with Crippen LogP contribution in [-0.2, 0) is 16.1 Å². The van der Waals surface area contributed by atoms with Gasteiger partial charge in [-0.3, -0.25) is 4.79 Å². The molecule has 0 spiro atoms. The lowest BCUT2D eigenvalue weighted by atomic mass is 10.0. The highest BCUT2D eigenvalue weighted by Crippen LogP contribution is 2.13. The number of carbonyl (C=O) groups is 2. The van der Waals surface area contributed by atoms with Gasteiger partial charge in [0.1, 0.15) is 6.61 Å². The minimum atomic E-state index is -0.492. The minimum absolute atomic E-state index is 0.0471. The van der Waals surface area contributed by atoms with Gasteiger partial charge in [-0.25, -0.2) is 4.79 Å². The number of carbonyl (C=O) groups excluding carboxylic acids is 2. The maximum atomic E-state index is 12.3. The standard InChI is InChI=1S/C18H27N3O3/c1-13(2)16(19)17(22)21-10-6-9-15(11-21)20-18(23)24-12-14-7-4-3-5-8-14/h3-5,7-8,13,15-16H,6,9-12,19H2,1-2H3,(H,20,23)/t15?,16-/m0/s1. The van der Waals surface area contributed by atoms with Crippen LogP contribution in [-0.4, -0.2) is 42.1 Å². The normalized spacial score (nSPS) is 19.0. The smallest absolute Gasteiger partial charge is 0.407 e. The van der Waals surface area contributed by atoms with Crippen LogP contribution in [0.5, 0.6) is 0 Å². The fourth-order valence-corrected chi connectivity index (χ4v) is 2.72. The van der Waals surface area contributed by atoms with E-state index in [0.29, 0.717) is 13.1 Å². The molecule has 0 aliphatic carbocycles. The van der Waals surface area contributed by atoms with Crippen molar-refractivity contribution in [2.75, 3.05) is 13.1 Å². The van der Waals surface area contributed by atoms with Crippen molar-refractivity contribution in [3.63, 3.8) is 0 Å². The van der Waals surface area contributed by atoms with E-state index in [1.165, 1.54) is 0 Å². The van der Waals surface area contributed by atoms with Gasteiger partial charge in [-0.2, -0.15) is 0 Å². The van der Waals surface area contributed by atoms with E-state index in [1.54, 1.807) is 4.90 Å². The summed E-state index contributed by atoms with van der Waals surface area (Å²) in [6.45, 7) is 5.28. The Bertz CT molecular complexity index is 548. The van der Waals surface area contributed by atoms with Crippen molar-refractivity contribution in [2.24, 2.45) is 11.7 Å². The average Bonchev–Trinajstić information content (AvgIpc) is 2.59. The third-order valence-electron chi connectivity index (χ3n) is 4.27. The number of hydrogen-bond acceptors (Lipinski definition) is 4. The molecule has 132 valence electrons. The predicted octanol–water partition coefficient (Wildman–Crippen LogP) is 1.89. The number of rotatable bonds is 5. The summed E-state index contributed by atoms with van der Waals surface area (Å²) in [5, 5.41) is 2.85. The number of alkyl carbamates (subject to hydrolysis) is 1. The highest BCUT2D eigenvalue weighted by atomic mass is 16.5. The molecule has 24 heavy (non-hydrogen) atoms. The molecule has 3 N–H and O–H groups in total. The Hall–Kier alpha value is -2.08. The van der Waals surface area contributed by atoms with Crippen molar-refractivity contribution in [2.45, 2.75) is 45.4 Å². The van der Waals surface area contributed by atoms with Crippen LogP contribution in [0.4, 0.5) is 4.79 Å². The van der Waals surface area contributed by atoms with E-state index in [-0.39, 0.29) is 24.5 Å². The van der Waals surface area contributed by atoms with Crippen molar-refractivity contribution in [1.29, 1.82) is 0 Å². The molecule has 2 atom stereocenters. The van der Waals surface area contributed by atoms with Gasteiger partial charge in [0.15, 0.2) is 0 Å². The van der Waals surface area contributed by atoms with Crippen molar-refractivity contribution in [1.82, 2.24) is 10.2 Å². The van der Waals surface area contributed by atoms with E-state index in [1.807, 2.05) is 44.2 Å². The summed E-state index contributed by atoms with van der Waals surface area (Å²) >= 11 is 0. The number of nitrogens with one attached hydrogen (secondary N) is 1. The van der Waals surface area contributed by atoms with Crippen LogP contribution in [0.15, 0.2) is 30.3 Å². The Kier molecular flexibility index (Phi) is 6.61. The maximum Gasteiger partial charge on any atom is 0.407 e. The van der Waals surface area contributed by atoms with Crippen molar-refractivity contribution >= 4 is 12.0 Å². The maximum absolute atomic E-state index is 12.3. The van der Waals surface area contributed by atoms with Crippen LogP contribution in [0.3, 0.4) is 0 Å². The summed E-state index contributed by atoms with van der Waals surface area (Å²) in [4.78, 5) is 26.0. The number of piperidine rings is 1. The molecular formula is C18H27N3O3. The van der Waals surface area contributed by atoms with Crippen molar-refractivity contribution < 1.29 is 14.3 Å². The minimum Gasteiger partial charge on any atom is -0.445 e. The first-order chi connectivity index (χ1) is 11.5. The zero-order chi connectivity index (χ0) is 17.5. The monoisotopic (exact) mass is 333 g/mol. The third kappa shape index (κ3) is 5.23. The Labute approximate surface area is 143 Å². The molecule has 2 amide bonds. The molecule has 1 saturated heterocycles. The number of ether oxygens (including phenoxy) is 1. The van der Waals surface area contributed by atoms with Gasteiger partial charge in [-0.1, -0.05) is 44.2 Å². The Morgan fingerprint density at radius 2 is 2.04 bits per heavy atom. The number of likely N-dealkylation sites (tertiary alicyclic amines) is 1. The molecule has 1 fully saturated rings. The first-order valence-electron chi connectivity index (χ1n) is 8.49. The van der Waals surface area contributed by atoms with Gasteiger partial charge in [0.2, 0.25) is 5.91 Å². The first-order valence-corrected chi connectivity index (χ1v) is 8.49. The molecule has 1 aliphatic heterocycles. The fourth-order valence-electron chi connectivity index (χ4n) is 2.72. The van der Waals surface area contributed by atoms with Crippen LogP contribution in [0, 0.1) is 5.92 Å². The number of nitrogens with zero attached hydrogens (tertiary/aromatic N) is 1. The Morgan fingerprint density at radius 1 is 1.33 bits per heavy atom. The van der Waals surface area contributed by atoms with E-state index in [0.717, 1.165) is 18.4 Å². The second kappa shape index (κ2) is 8.68. The zero-order valence-corrected chi connectivity index (χ0v) is 14.4. The van der Waals surface area contributed by atoms with Crippen LogP contribution in [0.2, 0.25) is 0 Å². The summed E-state index contributed by atoms with van der Waals surface area (Å²) in [5.41, 5.74) is 6.89. The van der Waals surface area contributed by atoms with Gasteiger partial charge in [0, 0.05) is 19.1 Å². The highest BCUT2D eigenvalue weighted by Gasteiger charge is 2.29. The lowest BCUT2D eigenvalue weighted by Crippen LogP contribution is -2.54. The lowest BCUT2D eigenvalue weighted by molar-refractivity contribution is -0.134. The summed E-state index contributed by atoms with van der Waals surface area (Å²) in [6.07, 6.45) is 1.23. The Morgan fingerprint density at radius 3 is 2.71 bits per heavy atom. The molecule has 0 radical (unpaired) electrons. The molecule has 1 heterocycles. The predicted molar refractivity (Wildman–Crippen MR) is 92.2 cm³/mol. The second-order valence-corrected chi connectivity index (χ2v) is 6.60. The summed E-state index contributed by atoms with van der Waals surface area (Å²) in [7, 11) is 0. The Balaban J connectivity index is 1.79. The molecule has 1 aliphatic rings. The van der Waals surface area contributed by atoms with E-state index in [4.69, 9.17) is 10.5 Å². The zero-order valence-electron chi connectivity index (χ0n) is 14.4. The van der Waals surface area contributed by atoms with Crippen LogP contribution >= 0.6 is 0 Å². The average molecular weight is 333 g/mol. The number of amides is 2. The molecule has 2 rings (SSSR count). The molecule has 0 saturated carbocycles. The van der Waals surface area contributed by atoms with Gasteiger partial charge >= 0.3 is 6.09 Å². The first kappa shape index (κ1) is 18.3. The summed E-state index contributed by atoms with van der Waals surface area (Å²) in [6, 6.07) is 8.94. The lowest BCUT2D eigenvalue weighted by Gasteiger charge is -2.35. The van der Waals surface area contributed by atoms with Gasteiger partial charge < -0.3 is 20.7 Å². The van der Waals surface area contributed by atoms with Gasteiger partial charge in [-0.05, 0) is 24.3 Å². The molecule has 0 aromatic heterocycles. The molecule has 0 bridgehead atoms. The van der Waals surface area contributed by atoms with Gasteiger partial charge in [0.25, 0.3) is 0 Å². The van der Waals surface area contributed by atoms with Gasteiger partial charge in [0.05, 0.1) is 6.04 Å². The molecule has 1 unspecified atom stereocenters. The number of benzene rings is 1. The summed E-state index contributed by atoms with van der Waals surface area (Å²) < 4.78 is 5.23. The summed E-state index contributed by atoms with van der Waals surface area (Å²) in [5.74, 6) is 0.0517. The van der Waals surface area contributed by atoms with Crippen LogP contribution in [0.25, 0.3) is 0 Å². The molecular weight excluding hydrogens is 306 g/mol. The molecule has 6 nitrogen and oxygen atoms in total. The van der Waals surface area contributed by atoms with E-state index in [9.17, 15) is 9.59 Å². The fraction of sp³-hybridized carbons (Fsp3) is 0.556. The van der Waals surface area contributed by atoms with E-state index < -0.39 is 12.1 Å². The van der Waals surface area contributed by atoms with E-state index in [2.05, 4.69) is 5.32 Å². The van der Waals surface area contributed by atoms with Crippen molar-refractivity contribution in [3.8, 4) is 0 Å². The van der Waals surface area contributed by atoms with Crippen molar-refractivity contribution in [3.05, 3.63) is 35.9 Å². The van der Waals surface area contributed by atoms with Gasteiger partial charge in [-0.15, -0.1) is 0 Å². The second-order valence-electron chi connectivity index (χ2n) is 6.60. The molecule has 1 aromatic carbocycles. The van der Waals surface area contributed by atoms with Crippen LogP contribution in [0.1, 0.15) is 32.3 Å². The number of hydrogen-bond donors (Lipinski definition) is 2. The molecule has 1 aromatic rings. The van der Waals surface area contributed by atoms with E-state index >= 15 is 0 Å². The highest BCUT2D eigenvalue weighted by molar-refractivity contribution is 5.82. The number of nitrogens with two attached hydrogens (primary N) is 1. The third-order valence-corrected chi connectivity index (χ3v) is 4.27. The quantitative estimate of drug-likeness (QED) is 0.862. The van der Waals surface area contributed by atoms with Crippen LogP contribution < -0.4 is 11.1 Å².